The molecule has 0 saturated carbocycles. The molecule has 5 nitrogen and oxygen atoms in total. The maximum absolute atomic E-state index is 13.0. The first-order chi connectivity index (χ1) is 13.3. The maximum atomic E-state index is 13.0. The topological polar surface area (TPSA) is 53.3 Å². The molecule has 0 spiro atoms. The highest BCUT2D eigenvalue weighted by Crippen LogP contribution is 2.21. The minimum absolute atomic E-state index is 0.234. The van der Waals surface area contributed by atoms with Crippen LogP contribution in [0.4, 0.5) is 0 Å². The monoisotopic (exact) mass is 358 g/mol. The summed E-state index contributed by atoms with van der Waals surface area (Å²) in [6.07, 6.45) is 0. The molecule has 0 bridgehead atoms. The van der Waals surface area contributed by atoms with Gasteiger partial charge >= 0.3 is 0 Å². The molecular formula is C22H18N2O3. The second-order valence-corrected chi connectivity index (χ2v) is 6.04. The lowest BCUT2D eigenvalue weighted by Crippen LogP contribution is -2.29. The first-order valence-electron chi connectivity index (χ1n) is 8.60. The Hall–Kier alpha value is -3.60. The highest BCUT2D eigenvalue weighted by Gasteiger charge is 2.14. The van der Waals surface area contributed by atoms with Gasteiger partial charge in [0.05, 0.1) is 18.0 Å². The van der Waals surface area contributed by atoms with Crippen molar-refractivity contribution in [2.75, 3.05) is 7.11 Å². The van der Waals surface area contributed by atoms with Crippen LogP contribution in [0.2, 0.25) is 0 Å². The van der Waals surface area contributed by atoms with Crippen molar-refractivity contribution < 1.29 is 9.57 Å². The molecule has 1 heterocycles. The van der Waals surface area contributed by atoms with Crippen molar-refractivity contribution in [2.45, 2.75) is 6.61 Å². The first-order valence-corrected chi connectivity index (χ1v) is 8.60. The number of hydrogen-bond donors (Lipinski definition) is 0. The van der Waals surface area contributed by atoms with Gasteiger partial charge in [-0.05, 0) is 42.0 Å². The molecule has 0 atom stereocenters. The Bertz CT molecular complexity index is 1120. The average molecular weight is 358 g/mol. The fourth-order valence-electron chi connectivity index (χ4n) is 2.87. The average Bonchev–Trinajstić information content (AvgIpc) is 2.74. The molecule has 27 heavy (non-hydrogen) atoms. The third kappa shape index (κ3) is 3.40. The van der Waals surface area contributed by atoms with Crippen LogP contribution in [0.25, 0.3) is 22.3 Å². The molecule has 0 aliphatic heterocycles. The fraction of sp³-hybridized carbons (Fsp3) is 0.0909. The molecule has 0 fully saturated rings. The molecule has 4 rings (SSSR count). The van der Waals surface area contributed by atoms with Crippen LogP contribution in [0.3, 0.4) is 0 Å². The van der Waals surface area contributed by atoms with E-state index in [2.05, 4.69) is 4.98 Å². The van der Waals surface area contributed by atoms with Gasteiger partial charge in [-0.3, -0.25) is 4.79 Å². The largest absolute Gasteiger partial charge is 0.497 e. The number of fused-ring (bicyclic) bond motifs is 1. The van der Waals surface area contributed by atoms with Crippen LogP contribution in [0.1, 0.15) is 5.56 Å². The molecule has 0 unspecified atom stereocenters. The summed E-state index contributed by atoms with van der Waals surface area (Å²) < 4.78 is 6.49. The summed E-state index contributed by atoms with van der Waals surface area (Å²) in [6.45, 7) is 0.268. The Balaban J connectivity index is 1.83. The van der Waals surface area contributed by atoms with Crippen LogP contribution < -0.4 is 15.1 Å². The van der Waals surface area contributed by atoms with Gasteiger partial charge in [0.2, 0.25) is 0 Å². The second kappa shape index (κ2) is 7.33. The summed E-state index contributed by atoms with van der Waals surface area (Å²) in [5.74, 6) is 1.19. The van der Waals surface area contributed by atoms with Crippen molar-refractivity contribution in [2.24, 2.45) is 0 Å². The quantitative estimate of drug-likeness (QED) is 0.546. The molecular weight excluding hydrogens is 340 g/mol. The van der Waals surface area contributed by atoms with E-state index in [1.807, 2.05) is 72.8 Å². The van der Waals surface area contributed by atoms with Gasteiger partial charge in [0.25, 0.3) is 5.56 Å². The summed E-state index contributed by atoms with van der Waals surface area (Å²) in [6, 6.07) is 24.4. The predicted molar refractivity (Wildman–Crippen MR) is 105 cm³/mol. The van der Waals surface area contributed by atoms with Crippen LogP contribution in [-0.2, 0) is 6.61 Å². The molecule has 4 aromatic rings. The van der Waals surface area contributed by atoms with Gasteiger partial charge in [0.1, 0.15) is 12.4 Å². The fourth-order valence-corrected chi connectivity index (χ4v) is 2.87. The summed E-state index contributed by atoms with van der Waals surface area (Å²) >= 11 is 0. The number of benzene rings is 3. The van der Waals surface area contributed by atoms with Crippen molar-refractivity contribution in [3.8, 4) is 17.1 Å². The van der Waals surface area contributed by atoms with Crippen LogP contribution in [0.15, 0.2) is 83.7 Å². The highest BCUT2D eigenvalue weighted by molar-refractivity contribution is 5.79. The molecule has 0 saturated heterocycles. The zero-order chi connectivity index (χ0) is 18.6. The maximum Gasteiger partial charge on any atom is 0.294 e. The number of hydrogen-bond acceptors (Lipinski definition) is 4. The van der Waals surface area contributed by atoms with E-state index in [4.69, 9.17) is 9.57 Å². The Morgan fingerprint density at radius 3 is 2.33 bits per heavy atom. The standard InChI is InChI=1S/C22H18N2O3/c1-26-18-13-11-17(12-14-18)21-23-20-10-6-5-9-19(20)22(25)24(21)27-15-16-7-3-2-4-8-16/h2-14H,15H2,1H3. The molecule has 0 aliphatic carbocycles. The minimum atomic E-state index is -0.234. The van der Waals surface area contributed by atoms with Crippen LogP contribution in [-0.4, -0.2) is 16.8 Å². The second-order valence-electron chi connectivity index (χ2n) is 6.04. The molecule has 0 N–H and O–H groups in total. The van der Waals surface area contributed by atoms with Gasteiger partial charge in [-0.25, -0.2) is 4.98 Å². The lowest BCUT2D eigenvalue weighted by atomic mass is 10.2. The van der Waals surface area contributed by atoms with E-state index in [1.165, 1.54) is 4.73 Å². The molecule has 3 aromatic carbocycles. The molecule has 5 heteroatoms. The number of aromatic nitrogens is 2. The van der Waals surface area contributed by atoms with E-state index in [9.17, 15) is 4.79 Å². The van der Waals surface area contributed by atoms with Crippen molar-refractivity contribution in [1.29, 1.82) is 0 Å². The smallest absolute Gasteiger partial charge is 0.294 e. The van der Waals surface area contributed by atoms with E-state index < -0.39 is 0 Å². The number of ether oxygens (including phenoxy) is 1. The first kappa shape index (κ1) is 16.8. The van der Waals surface area contributed by atoms with Crippen molar-refractivity contribution in [3.63, 3.8) is 0 Å². The molecule has 1 aromatic heterocycles. The van der Waals surface area contributed by atoms with E-state index in [-0.39, 0.29) is 12.2 Å². The number of rotatable bonds is 5. The van der Waals surface area contributed by atoms with Gasteiger partial charge in [0.15, 0.2) is 5.82 Å². The van der Waals surface area contributed by atoms with E-state index in [1.54, 1.807) is 13.2 Å². The van der Waals surface area contributed by atoms with Gasteiger partial charge in [-0.15, -0.1) is 4.73 Å². The Morgan fingerprint density at radius 1 is 0.889 bits per heavy atom. The normalized spacial score (nSPS) is 10.7. The van der Waals surface area contributed by atoms with Gasteiger partial charge in [-0.1, -0.05) is 42.5 Å². The SMILES string of the molecule is COc1ccc(-c2nc3ccccc3c(=O)n2OCc2ccccc2)cc1. The summed E-state index contributed by atoms with van der Waals surface area (Å²) in [4.78, 5) is 23.6. The summed E-state index contributed by atoms with van der Waals surface area (Å²) in [7, 11) is 1.61. The van der Waals surface area contributed by atoms with E-state index in [0.717, 1.165) is 16.9 Å². The molecule has 0 aliphatic rings. The van der Waals surface area contributed by atoms with Crippen molar-refractivity contribution in [1.82, 2.24) is 9.71 Å². The lowest BCUT2D eigenvalue weighted by molar-refractivity contribution is 0.0920. The van der Waals surface area contributed by atoms with Crippen molar-refractivity contribution >= 4 is 10.9 Å². The Kier molecular flexibility index (Phi) is 4.58. The summed E-state index contributed by atoms with van der Waals surface area (Å²) in [5, 5.41) is 0.517. The summed E-state index contributed by atoms with van der Waals surface area (Å²) in [5.41, 5.74) is 2.14. The third-order valence-electron chi connectivity index (χ3n) is 4.29. The van der Waals surface area contributed by atoms with Crippen molar-refractivity contribution in [3.05, 3.63) is 94.8 Å². The Labute approximate surface area is 156 Å². The predicted octanol–water partition coefficient (Wildman–Crippen LogP) is 3.70. The number of methoxy groups -OCH3 is 1. The molecule has 134 valence electrons. The molecule has 0 radical (unpaired) electrons. The van der Waals surface area contributed by atoms with E-state index in [0.29, 0.717) is 16.7 Å². The van der Waals surface area contributed by atoms with Gasteiger partial charge < -0.3 is 9.57 Å². The highest BCUT2D eigenvalue weighted by atomic mass is 16.7. The van der Waals surface area contributed by atoms with Crippen LogP contribution >= 0.6 is 0 Å². The third-order valence-corrected chi connectivity index (χ3v) is 4.29. The number of nitrogens with zero attached hydrogens (tertiary/aromatic N) is 2. The zero-order valence-corrected chi connectivity index (χ0v) is 14.8. The van der Waals surface area contributed by atoms with Gasteiger partial charge in [0, 0.05) is 5.56 Å². The zero-order valence-electron chi connectivity index (χ0n) is 14.8. The lowest BCUT2D eigenvalue weighted by Gasteiger charge is -2.14. The van der Waals surface area contributed by atoms with Crippen LogP contribution in [0.5, 0.6) is 5.75 Å². The van der Waals surface area contributed by atoms with Gasteiger partial charge in [-0.2, -0.15) is 0 Å². The minimum Gasteiger partial charge on any atom is -0.497 e. The molecule has 0 amide bonds. The van der Waals surface area contributed by atoms with Crippen LogP contribution in [0, 0.1) is 0 Å². The Morgan fingerprint density at radius 2 is 1.59 bits per heavy atom. The van der Waals surface area contributed by atoms with E-state index >= 15 is 0 Å². The number of para-hydroxylation sites is 1.